The number of benzene rings is 1. The molecular formula is C24H32BrF3N4O2Si. The van der Waals surface area contributed by atoms with Gasteiger partial charge in [-0.25, -0.2) is 4.98 Å². The van der Waals surface area contributed by atoms with Crippen LogP contribution in [-0.2, 0) is 6.18 Å². The standard InChI is InChI=1S/C24H32BrF3N4O2Si/c1-15-14-32(9-8-31(15)2)19-7-6-16(25)12-17(19)22-21(23(29)33)18(24(26,27)28)13-20(30-22)34-10-11-35(3,4)5/h6-7,12-13,15H,8-11,14H2,1-5H3,(H2,29,33). The van der Waals surface area contributed by atoms with Gasteiger partial charge in [0.15, 0.2) is 0 Å². The Morgan fingerprint density at radius 3 is 2.51 bits per heavy atom. The molecule has 1 fully saturated rings. The minimum absolute atomic E-state index is 0.127. The van der Waals surface area contributed by atoms with Crippen LogP contribution >= 0.6 is 15.9 Å². The molecule has 1 atom stereocenters. The molecule has 0 saturated carbocycles. The first-order chi connectivity index (χ1) is 16.2. The Morgan fingerprint density at radius 1 is 1.26 bits per heavy atom. The number of alkyl halides is 3. The van der Waals surface area contributed by atoms with Gasteiger partial charge in [0.1, 0.15) is 0 Å². The molecule has 2 aromatic rings. The Hall–Kier alpha value is -2.11. The van der Waals surface area contributed by atoms with Gasteiger partial charge in [0.25, 0.3) is 5.91 Å². The molecule has 1 aromatic carbocycles. The number of piperazine rings is 1. The normalized spacial score (nSPS) is 17.5. The maximum atomic E-state index is 14.1. The lowest BCUT2D eigenvalue weighted by Crippen LogP contribution is -2.50. The Morgan fingerprint density at radius 2 is 1.94 bits per heavy atom. The quantitative estimate of drug-likeness (QED) is 0.444. The van der Waals surface area contributed by atoms with E-state index < -0.39 is 31.3 Å². The van der Waals surface area contributed by atoms with E-state index in [1.54, 1.807) is 6.07 Å². The summed E-state index contributed by atoms with van der Waals surface area (Å²) in [5.41, 5.74) is 4.68. The summed E-state index contributed by atoms with van der Waals surface area (Å²) >= 11 is 3.42. The molecule has 3 rings (SSSR count). The number of hydrogen-bond acceptors (Lipinski definition) is 5. The van der Waals surface area contributed by atoms with Crippen molar-refractivity contribution in [3.63, 3.8) is 0 Å². The second-order valence-electron chi connectivity index (χ2n) is 10.2. The zero-order valence-electron chi connectivity index (χ0n) is 20.7. The van der Waals surface area contributed by atoms with E-state index in [2.05, 4.69) is 57.3 Å². The molecule has 1 aromatic heterocycles. The van der Waals surface area contributed by atoms with Gasteiger partial charge >= 0.3 is 6.18 Å². The van der Waals surface area contributed by atoms with Gasteiger partial charge in [0.2, 0.25) is 5.88 Å². The fourth-order valence-corrected chi connectivity index (χ4v) is 5.04. The zero-order chi connectivity index (χ0) is 26.1. The van der Waals surface area contributed by atoms with Crippen molar-refractivity contribution in [1.82, 2.24) is 9.88 Å². The molecular weight excluding hydrogens is 541 g/mol. The number of aromatic nitrogens is 1. The molecule has 1 aliphatic heterocycles. The van der Waals surface area contributed by atoms with E-state index in [9.17, 15) is 18.0 Å². The van der Waals surface area contributed by atoms with E-state index in [-0.39, 0.29) is 24.2 Å². The molecule has 2 heterocycles. The van der Waals surface area contributed by atoms with Crippen molar-refractivity contribution in [2.45, 2.75) is 44.8 Å². The molecule has 0 spiro atoms. The van der Waals surface area contributed by atoms with Crippen LogP contribution in [-0.4, -0.2) is 63.2 Å². The molecule has 1 unspecified atom stereocenters. The van der Waals surface area contributed by atoms with Gasteiger partial charge in [-0.2, -0.15) is 13.2 Å². The summed E-state index contributed by atoms with van der Waals surface area (Å²) in [5.74, 6) is -1.36. The lowest BCUT2D eigenvalue weighted by atomic mass is 9.97. The van der Waals surface area contributed by atoms with E-state index in [1.807, 2.05) is 19.2 Å². The third-order valence-electron chi connectivity index (χ3n) is 6.16. The number of rotatable bonds is 7. The van der Waals surface area contributed by atoms with E-state index in [1.165, 1.54) is 0 Å². The largest absolute Gasteiger partial charge is 0.478 e. The van der Waals surface area contributed by atoms with E-state index >= 15 is 0 Å². The van der Waals surface area contributed by atoms with Crippen LogP contribution in [0.2, 0.25) is 25.7 Å². The smallest absolute Gasteiger partial charge is 0.417 e. The summed E-state index contributed by atoms with van der Waals surface area (Å²) in [5, 5.41) is 0. The third kappa shape index (κ3) is 6.76. The first-order valence-corrected chi connectivity index (χ1v) is 16.0. The minimum atomic E-state index is -4.81. The number of carbonyl (C=O) groups excluding carboxylic acids is 1. The van der Waals surface area contributed by atoms with Crippen LogP contribution in [0, 0.1) is 0 Å². The average molecular weight is 574 g/mol. The minimum Gasteiger partial charge on any atom is -0.478 e. The summed E-state index contributed by atoms with van der Waals surface area (Å²) < 4.78 is 48.7. The summed E-state index contributed by atoms with van der Waals surface area (Å²) in [7, 11) is 0.551. The zero-order valence-corrected chi connectivity index (χ0v) is 23.3. The molecule has 1 amide bonds. The Kier molecular flexibility index (Phi) is 8.22. The summed E-state index contributed by atoms with van der Waals surface area (Å²) in [6, 6.07) is 7.11. The highest BCUT2D eigenvalue weighted by Gasteiger charge is 2.38. The number of anilines is 1. The maximum Gasteiger partial charge on any atom is 0.417 e. The molecule has 0 aliphatic carbocycles. The van der Waals surface area contributed by atoms with Gasteiger partial charge in [-0.15, -0.1) is 0 Å². The van der Waals surface area contributed by atoms with Crippen molar-refractivity contribution in [2.75, 3.05) is 38.2 Å². The van der Waals surface area contributed by atoms with Crippen LogP contribution in [0.1, 0.15) is 22.8 Å². The van der Waals surface area contributed by atoms with Gasteiger partial charge in [-0.1, -0.05) is 35.6 Å². The lowest BCUT2D eigenvalue weighted by Gasteiger charge is -2.39. The average Bonchev–Trinajstić information content (AvgIpc) is 2.73. The molecule has 1 saturated heterocycles. The van der Waals surface area contributed by atoms with Crippen LogP contribution < -0.4 is 15.4 Å². The molecule has 0 radical (unpaired) electrons. The third-order valence-corrected chi connectivity index (χ3v) is 8.36. The second-order valence-corrected chi connectivity index (χ2v) is 16.7. The highest BCUT2D eigenvalue weighted by atomic mass is 79.9. The van der Waals surface area contributed by atoms with Crippen LogP contribution in [0.3, 0.4) is 0 Å². The topological polar surface area (TPSA) is 71.7 Å². The van der Waals surface area contributed by atoms with Gasteiger partial charge < -0.3 is 20.3 Å². The monoisotopic (exact) mass is 572 g/mol. The molecule has 2 N–H and O–H groups in total. The maximum absolute atomic E-state index is 14.1. The summed E-state index contributed by atoms with van der Waals surface area (Å²) in [4.78, 5) is 21.1. The number of hydrogen-bond donors (Lipinski definition) is 1. The molecule has 0 bridgehead atoms. The van der Waals surface area contributed by atoms with Crippen molar-refractivity contribution in [1.29, 1.82) is 0 Å². The SMILES string of the molecule is CC1CN(c2ccc(Br)cc2-c2nc(OCC[Si](C)(C)C)cc(C(F)(F)F)c2C(N)=O)CCN1C. The number of carbonyl (C=O) groups is 1. The number of nitrogens with zero attached hydrogens (tertiary/aromatic N) is 3. The number of halogens is 4. The molecule has 35 heavy (non-hydrogen) atoms. The van der Waals surface area contributed by atoms with Crippen LogP contribution in [0.15, 0.2) is 28.7 Å². The Balaban J connectivity index is 2.20. The first-order valence-electron chi connectivity index (χ1n) is 11.5. The second kappa shape index (κ2) is 10.5. The number of ether oxygens (including phenoxy) is 1. The van der Waals surface area contributed by atoms with E-state index in [0.717, 1.165) is 18.7 Å². The van der Waals surface area contributed by atoms with Gasteiger partial charge in [-0.05, 0) is 38.2 Å². The van der Waals surface area contributed by atoms with Crippen molar-refractivity contribution in [3.05, 3.63) is 39.9 Å². The first kappa shape index (κ1) is 27.5. The van der Waals surface area contributed by atoms with Crippen molar-refractivity contribution >= 4 is 35.6 Å². The number of pyridine rings is 1. The fourth-order valence-electron chi connectivity index (χ4n) is 3.97. The number of likely N-dealkylation sites (N-methyl/N-ethyl adjacent to an activating group) is 1. The molecule has 192 valence electrons. The Labute approximate surface area is 213 Å². The summed E-state index contributed by atoms with van der Waals surface area (Å²) in [6.45, 7) is 10.9. The molecule has 6 nitrogen and oxygen atoms in total. The highest BCUT2D eigenvalue weighted by molar-refractivity contribution is 9.10. The summed E-state index contributed by atoms with van der Waals surface area (Å²) in [6.07, 6.45) is -4.81. The van der Waals surface area contributed by atoms with E-state index in [4.69, 9.17) is 10.5 Å². The number of amides is 1. The van der Waals surface area contributed by atoms with Crippen LogP contribution in [0.25, 0.3) is 11.3 Å². The van der Waals surface area contributed by atoms with Crippen LogP contribution in [0.5, 0.6) is 5.88 Å². The van der Waals surface area contributed by atoms with Gasteiger partial charge in [-0.3, -0.25) is 4.79 Å². The lowest BCUT2D eigenvalue weighted by molar-refractivity contribution is -0.138. The fraction of sp³-hybridized carbons (Fsp3) is 0.500. The van der Waals surface area contributed by atoms with Crippen molar-refractivity contribution < 1.29 is 22.7 Å². The van der Waals surface area contributed by atoms with Gasteiger partial charge in [0.05, 0.1) is 23.4 Å². The predicted octanol–water partition coefficient (Wildman–Crippen LogP) is 5.49. The molecule has 11 heteroatoms. The highest BCUT2D eigenvalue weighted by Crippen LogP contribution is 2.41. The van der Waals surface area contributed by atoms with Crippen molar-refractivity contribution in [2.24, 2.45) is 5.73 Å². The Bertz CT molecular complexity index is 1090. The van der Waals surface area contributed by atoms with Gasteiger partial charge in [0, 0.05) is 55.5 Å². The number of nitrogens with two attached hydrogens (primary N) is 1. The number of primary amides is 1. The predicted molar refractivity (Wildman–Crippen MR) is 139 cm³/mol. The molecule has 1 aliphatic rings. The van der Waals surface area contributed by atoms with E-state index in [0.29, 0.717) is 28.8 Å². The van der Waals surface area contributed by atoms with Crippen molar-refractivity contribution in [3.8, 4) is 17.1 Å². The van der Waals surface area contributed by atoms with Crippen LogP contribution in [0.4, 0.5) is 18.9 Å².